The summed E-state index contributed by atoms with van der Waals surface area (Å²) in [6.07, 6.45) is 0. The largest absolute Gasteiger partial charge is 0.503 e. The molecule has 5 aromatic rings. The third kappa shape index (κ3) is 5.02. The lowest BCUT2D eigenvalue weighted by Gasteiger charge is -2.24. The molecule has 2 aromatic heterocycles. The number of anilines is 1. The van der Waals surface area contributed by atoms with Crippen LogP contribution in [0.2, 0.25) is 10.0 Å². The number of ether oxygens (including phenoxy) is 1. The molecule has 1 N–H and O–H groups in total. The topological polar surface area (TPSA) is 106 Å². The van der Waals surface area contributed by atoms with Gasteiger partial charge in [-0.2, -0.15) is 0 Å². The molecule has 0 saturated carbocycles. The second-order valence-corrected chi connectivity index (χ2v) is 12.1. The SMILES string of the molecule is COc1cccc2cc(C(=O)C3=C(O)C(=O)N(c4nnc(SCc5ccc(Cl)cc5Cl)s4)C3c3ccccc3F)oc12. The van der Waals surface area contributed by atoms with E-state index < -0.39 is 29.3 Å². The van der Waals surface area contributed by atoms with Gasteiger partial charge >= 0.3 is 0 Å². The number of para-hydroxylation sites is 1. The molecule has 0 aliphatic carbocycles. The van der Waals surface area contributed by atoms with Crippen LogP contribution in [0.15, 0.2) is 86.8 Å². The lowest BCUT2D eigenvalue weighted by molar-refractivity contribution is -0.117. The number of aromatic nitrogens is 2. The van der Waals surface area contributed by atoms with Crippen molar-refractivity contribution in [1.29, 1.82) is 0 Å². The molecule has 0 saturated heterocycles. The van der Waals surface area contributed by atoms with Crippen LogP contribution in [-0.4, -0.2) is 34.1 Å². The number of rotatable bonds is 8. The molecule has 1 amide bonds. The number of amides is 1. The number of aliphatic hydroxyl groups is 1. The normalized spacial score (nSPS) is 15.2. The fourth-order valence-corrected chi connectivity index (χ4v) is 7.03. The van der Waals surface area contributed by atoms with Gasteiger partial charge in [0.05, 0.1) is 12.7 Å². The van der Waals surface area contributed by atoms with Crippen molar-refractivity contribution < 1.29 is 28.2 Å². The fraction of sp³-hybridized carbons (Fsp3) is 0.103. The molecule has 1 aliphatic rings. The predicted molar refractivity (Wildman–Crippen MR) is 159 cm³/mol. The number of ketones is 1. The van der Waals surface area contributed by atoms with Crippen molar-refractivity contribution >= 4 is 74.1 Å². The van der Waals surface area contributed by atoms with Gasteiger partial charge in [0.2, 0.25) is 10.9 Å². The Bertz CT molecular complexity index is 1910. The first-order valence-corrected chi connectivity index (χ1v) is 14.8. The molecular weight excluding hydrogens is 624 g/mol. The van der Waals surface area contributed by atoms with Crippen LogP contribution >= 0.6 is 46.3 Å². The van der Waals surface area contributed by atoms with Gasteiger partial charge in [-0.25, -0.2) is 4.39 Å². The van der Waals surface area contributed by atoms with Crippen molar-refractivity contribution in [2.24, 2.45) is 0 Å². The second-order valence-electron chi connectivity index (χ2n) is 9.05. The Balaban J connectivity index is 1.37. The number of carbonyl (C=O) groups excluding carboxylic acids is 2. The number of nitrogens with zero attached hydrogens (tertiary/aromatic N) is 3. The number of methoxy groups -OCH3 is 1. The van der Waals surface area contributed by atoms with Gasteiger partial charge in [0.25, 0.3) is 5.91 Å². The first-order chi connectivity index (χ1) is 20.3. The average Bonchev–Trinajstić information content (AvgIpc) is 3.69. The van der Waals surface area contributed by atoms with Gasteiger partial charge in [0.1, 0.15) is 11.9 Å². The van der Waals surface area contributed by atoms with Crippen LogP contribution in [0.25, 0.3) is 11.0 Å². The van der Waals surface area contributed by atoms with E-state index in [-0.39, 0.29) is 22.0 Å². The summed E-state index contributed by atoms with van der Waals surface area (Å²) in [5, 5.41) is 21.0. The highest BCUT2D eigenvalue weighted by atomic mass is 35.5. The Morgan fingerprint density at radius 3 is 2.71 bits per heavy atom. The molecule has 0 spiro atoms. The number of thioether (sulfide) groups is 1. The molecule has 212 valence electrons. The standard InChI is InChI=1S/C29H18Cl2FN3O5S2/c1-39-20-8-4-5-14-11-21(40-26(14)20)24(36)22-23(17-6-2-3-7-19(17)32)35(27(38)25(22)37)28-33-34-29(42-28)41-13-15-9-10-16(30)12-18(15)31/h2-12,23,37H,13H2,1H3. The van der Waals surface area contributed by atoms with Crippen molar-refractivity contribution in [1.82, 2.24) is 10.2 Å². The number of hydrogen-bond donors (Lipinski definition) is 1. The highest BCUT2D eigenvalue weighted by Gasteiger charge is 2.47. The zero-order valence-electron chi connectivity index (χ0n) is 21.5. The third-order valence-corrected chi connectivity index (χ3v) is 9.26. The summed E-state index contributed by atoms with van der Waals surface area (Å²) in [4.78, 5) is 28.4. The van der Waals surface area contributed by atoms with Crippen molar-refractivity contribution in [2.45, 2.75) is 16.1 Å². The van der Waals surface area contributed by atoms with Gasteiger partial charge in [-0.05, 0) is 35.9 Å². The summed E-state index contributed by atoms with van der Waals surface area (Å²) in [7, 11) is 1.47. The monoisotopic (exact) mass is 641 g/mol. The summed E-state index contributed by atoms with van der Waals surface area (Å²) in [6, 6.07) is 16.1. The number of Topliss-reactive ketones (excluding diaryl/α,β-unsaturated/α-hetero) is 1. The maximum absolute atomic E-state index is 15.2. The van der Waals surface area contributed by atoms with Gasteiger partial charge in [0.15, 0.2) is 27.2 Å². The number of aliphatic hydroxyl groups excluding tert-OH is 1. The highest BCUT2D eigenvalue weighted by molar-refractivity contribution is 8.00. The third-order valence-electron chi connectivity index (χ3n) is 6.57. The van der Waals surface area contributed by atoms with Gasteiger partial charge < -0.3 is 14.3 Å². The van der Waals surface area contributed by atoms with E-state index in [2.05, 4.69) is 10.2 Å². The first kappa shape index (κ1) is 28.2. The van der Waals surface area contributed by atoms with Crippen LogP contribution in [0.3, 0.4) is 0 Å². The van der Waals surface area contributed by atoms with E-state index in [1.165, 1.54) is 43.1 Å². The number of carbonyl (C=O) groups is 2. The number of furan rings is 1. The summed E-state index contributed by atoms with van der Waals surface area (Å²) >= 11 is 14.6. The molecular formula is C29H18Cl2FN3O5S2. The maximum atomic E-state index is 15.2. The highest BCUT2D eigenvalue weighted by Crippen LogP contribution is 2.45. The van der Waals surface area contributed by atoms with Crippen LogP contribution in [0.5, 0.6) is 5.75 Å². The van der Waals surface area contributed by atoms with E-state index in [1.54, 1.807) is 42.5 Å². The van der Waals surface area contributed by atoms with E-state index in [0.29, 0.717) is 36.9 Å². The van der Waals surface area contributed by atoms with Gasteiger partial charge in [-0.15, -0.1) is 10.2 Å². The van der Waals surface area contributed by atoms with E-state index in [0.717, 1.165) is 21.8 Å². The van der Waals surface area contributed by atoms with Crippen LogP contribution in [-0.2, 0) is 10.5 Å². The average molecular weight is 643 g/mol. The summed E-state index contributed by atoms with van der Waals surface area (Å²) in [5.74, 6) is -2.53. The molecule has 0 bridgehead atoms. The van der Waals surface area contributed by atoms with Crippen LogP contribution in [0.4, 0.5) is 9.52 Å². The zero-order chi connectivity index (χ0) is 29.5. The molecule has 6 rings (SSSR count). The fourth-order valence-electron chi connectivity index (χ4n) is 4.60. The van der Waals surface area contributed by atoms with Crippen molar-refractivity contribution in [3.63, 3.8) is 0 Å². The van der Waals surface area contributed by atoms with E-state index in [9.17, 15) is 14.7 Å². The lowest BCUT2D eigenvalue weighted by atomic mass is 9.95. The van der Waals surface area contributed by atoms with Crippen LogP contribution in [0.1, 0.15) is 27.7 Å². The Morgan fingerprint density at radius 2 is 1.95 bits per heavy atom. The quantitative estimate of drug-likeness (QED) is 0.104. The summed E-state index contributed by atoms with van der Waals surface area (Å²) < 4.78 is 26.8. The Morgan fingerprint density at radius 1 is 1.14 bits per heavy atom. The number of benzene rings is 3. The van der Waals surface area contributed by atoms with E-state index in [4.69, 9.17) is 32.4 Å². The maximum Gasteiger partial charge on any atom is 0.296 e. The Labute approximate surface area is 256 Å². The van der Waals surface area contributed by atoms with Gasteiger partial charge in [-0.1, -0.05) is 82.7 Å². The molecule has 1 aliphatic heterocycles. The van der Waals surface area contributed by atoms with Crippen LogP contribution in [0, 0.1) is 5.82 Å². The van der Waals surface area contributed by atoms with E-state index >= 15 is 4.39 Å². The first-order valence-electron chi connectivity index (χ1n) is 12.3. The molecule has 0 fully saturated rings. The van der Waals surface area contributed by atoms with Crippen molar-refractivity contribution in [3.05, 3.63) is 111 Å². The summed E-state index contributed by atoms with van der Waals surface area (Å²) in [5.41, 5.74) is 0.780. The molecule has 13 heteroatoms. The molecule has 0 radical (unpaired) electrons. The number of hydrogen-bond acceptors (Lipinski definition) is 9. The predicted octanol–water partition coefficient (Wildman–Crippen LogP) is 7.81. The minimum absolute atomic E-state index is 0.00992. The smallest absolute Gasteiger partial charge is 0.296 e. The molecule has 8 nitrogen and oxygen atoms in total. The van der Waals surface area contributed by atoms with E-state index in [1.807, 2.05) is 0 Å². The molecule has 1 atom stereocenters. The van der Waals surface area contributed by atoms with Gasteiger partial charge in [-0.3, -0.25) is 14.5 Å². The minimum Gasteiger partial charge on any atom is -0.503 e. The number of fused-ring (bicyclic) bond motifs is 1. The number of halogens is 3. The Hall–Kier alpha value is -3.90. The molecule has 42 heavy (non-hydrogen) atoms. The minimum atomic E-state index is -1.34. The Kier molecular flexibility index (Phi) is 7.67. The van der Waals surface area contributed by atoms with Gasteiger partial charge in [0, 0.05) is 26.7 Å². The summed E-state index contributed by atoms with van der Waals surface area (Å²) in [6.45, 7) is 0. The lowest BCUT2D eigenvalue weighted by Crippen LogP contribution is -2.31. The molecule has 3 aromatic carbocycles. The zero-order valence-corrected chi connectivity index (χ0v) is 24.7. The van der Waals surface area contributed by atoms with Crippen LogP contribution < -0.4 is 9.64 Å². The van der Waals surface area contributed by atoms with Crippen molar-refractivity contribution in [3.8, 4) is 5.75 Å². The second kappa shape index (κ2) is 11.4. The van der Waals surface area contributed by atoms with Crippen molar-refractivity contribution in [2.75, 3.05) is 12.0 Å². The molecule has 1 unspecified atom stereocenters. The molecule has 3 heterocycles.